The third-order valence-electron chi connectivity index (χ3n) is 1.42. The minimum absolute atomic E-state index is 0. The van der Waals surface area contributed by atoms with Gasteiger partial charge in [-0.15, -0.1) is 12.4 Å². The highest BCUT2D eigenvalue weighted by atomic mass is 35.5. The van der Waals surface area contributed by atoms with Gasteiger partial charge in [-0.05, 0) is 0 Å². The van der Waals surface area contributed by atoms with Crippen molar-refractivity contribution in [2.45, 2.75) is 0 Å². The number of hydrogen-bond donors (Lipinski definition) is 1. The number of aromatic carboxylic acids is 1. The molecule has 0 aliphatic carbocycles. The minimum atomic E-state index is -2.38. The van der Waals surface area contributed by atoms with Crippen molar-refractivity contribution in [1.82, 2.24) is 0 Å². The smallest absolute Gasteiger partial charge is 0.341 e. The van der Waals surface area contributed by atoms with Gasteiger partial charge in [0.2, 0.25) is 5.82 Å². The molecule has 0 aliphatic rings. The van der Waals surface area contributed by atoms with Crippen LogP contribution in [0.3, 0.4) is 0 Å². The van der Waals surface area contributed by atoms with Crippen LogP contribution >= 0.6 is 12.4 Å². The van der Waals surface area contributed by atoms with E-state index in [1.54, 1.807) is 0 Å². The molecule has 2 nitrogen and oxygen atoms in total. The van der Waals surface area contributed by atoms with Crippen molar-refractivity contribution >= 4 is 18.4 Å². The summed E-state index contributed by atoms with van der Waals surface area (Å²) in [6.07, 6.45) is 0. The summed E-state index contributed by atoms with van der Waals surface area (Å²) in [5.74, 6) is -13.9. The van der Waals surface area contributed by atoms with E-state index in [0.717, 1.165) is 0 Å². The van der Waals surface area contributed by atoms with Crippen molar-refractivity contribution in [2.24, 2.45) is 0 Å². The van der Waals surface area contributed by atoms with Gasteiger partial charge in [-0.3, -0.25) is 0 Å². The molecular formula is C7H2ClF5O2. The molecule has 0 bridgehead atoms. The summed E-state index contributed by atoms with van der Waals surface area (Å²) < 4.78 is 62.1. The molecule has 0 unspecified atom stereocenters. The lowest BCUT2D eigenvalue weighted by atomic mass is 10.1. The topological polar surface area (TPSA) is 37.3 Å². The Morgan fingerprint density at radius 3 is 1.33 bits per heavy atom. The summed E-state index contributed by atoms with van der Waals surface area (Å²) >= 11 is 0. The Morgan fingerprint density at radius 2 is 1.07 bits per heavy atom. The fourth-order valence-electron chi connectivity index (χ4n) is 0.793. The average Bonchev–Trinajstić information content (AvgIpc) is 2.11. The van der Waals surface area contributed by atoms with E-state index in [4.69, 9.17) is 5.11 Å². The summed E-state index contributed by atoms with van der Waals surface area (Å²) in [6, 6.07) is 0. The number of rotatable bonds is 1. The van der Waals surface area contributed by atoms with Gasteiger partial charge in [0, 0.05) is 0 Å². The molecule has 15 heavy (non-hydrogen) atoms. The molecule has 8 heteroatoms. The SMILES string of the molecule is Cl.O=C(O)c1c(F)c(F)c(F)c(F)c1F. The van der Waals surface area contributed by atoms with Gasteiger partial charge in [0.25, 0.3) is 0 Å². The monoisotopic (exact) mass is 248 g/mol. The van der Waals surface area contributed by atoms with Gasteiger partial charge in [0.05, 0.1) is 0 Å². The van der Waals surface area contributed by atoms with Gasteiger partial charge >= 0.3 is 5.97 Å². The maximum absolute atomic E-state index is 12.6. The lowest BCUT2D eigenvalue weighted by Crippen LogP contribution is -2.11. The van der Waals surface area contributed by atoms with Crippen molar-refractivity contribution in [3.05, 3.63) is 34.6 Å². The number of halogens is 6. The predicted molar refractivity (Wildman–Crippen MR) is 40.4 cm³/mol. The van der Waals surface area contributed by atoms with E-state index in [1.807, 2.05) is 0 Å². The van der Waals surface area contributed by atoms with Crippen molar-refractivity contribution in [3.63, 3.8) is 0 Å². The first-order valence-electron chi connectivity index (χ1n) is 3.12. The van der Waals surface area contributed by atoms with Crippen LogP contribution in [0.4, 0.5) is 22.0 Å². The van der Waals surface area contributed by atoms with Crippen LogP contribution in [0.2, 0.25) is 0 Å². The Kier molecular flexibility index (Phi) is 4.03. The lowest BCUT2D eigenvalue weighted by molar-refractivity contribution is 0.0682. The van der Waals surface area contributed by atoms with Crippen LogP contribution < -0.4 is 0 Å². The first-order valence-corrected chi connectivity index (χ1v) is 3.12. The molecule has 1 aromatic rings. The first-order chi connectivity index (χ1) is 6.37. The summed E-state index contributed by atoms with van der Waals surface area (Å²) in [5.41, 5.74) is -1.86. The molecule has 1 aromatic carbocycles. The molecule has 84 valence electrons. The molecule has 0 spiro atoms. The van der Waals surface area contributed by atoms with Crippen molar-refractivity contribution in [3.8, 4) is 0 Å². The Morgan fingerprint density at radius 1 is 0.800 bits per heavy atom. The van der Waals surface area contributed by atoms with Crippen LogP contribution in [0.25, 0.3) is 0 Å². The van der Waals surface area contributed by atoms with Gasteiger partial charge in [-0.2, -0.15) is 0 Å². The van der Waals surface area contributed by atoms with Crippen molar-refractivity contribution in [2.75, 3.05) is 0 Å². The molecule has 0 amide bonds. The molecule has 0 saturated heterocycles. The largest absolute Gasteiger partial charge is 0.477 e. The fraction of sp³-hybridized carbons (Fsp3) is 0. The van der Waals surface area contributed by atoms with Crippen molar-refractivity contribution in [1.29, 1.82) is 0 Å². The Balaban J connectivity index is 0.00000196. The molecule has 0 heterocycles. The number of carboxylic acid groups (broad SMARTS) is 1. The second-order valence-electron chi connectivity index (χ2n) is 2.25. The zero-order valence-electron chi connectivity index (χ0n) is 6.65. The summed E-state index contributed by atoms with van der Waals surface area (Å²) in [5, 5.41) is 8.15. The minimum Gasteiger partial charge on any atom is -0.477 e. The van der Waals surface area contributed by atoms with Crippen LogP contribution in [-0.2, 0) is 0 Å². The highest BCUT2D eigenvalue weighted by molar-refractivity contribution is 5.88. The van der Waals surface area contributed by atoms with Gasteiger partial charge in [-0.25, -0.2) is 26.7 Å². The molecular weight excluding hydrogens is 247 g/mol. The number of benzene rings is 1. The van der Waals surface area contributed by atoms with Crippen LogP contribution in [0, 0.1) is 29.1 Å². The quantitative estimate of drug-likeness (QED) is 0.471. The lowest BCUT2D eigenvalue weighted by Gasteiger charge is -2.03. The van der Waals surface area contributed by atoms with Crippen LogP contribution in [-0.4, -0.2) is 11.1 Å². The fourth-order valence-corrected chi connectivity index (χ4v) is 0.793. The second-order valence-corrected chi connectivity index (χ2v) is 2.25. The molecule has 0 saturated carbocycles. The highest BCUT2D eigenvalue weighted by Gasteiger charge is 2.29. The standard InChI is InChI=1S/C7HF5O2.ClH/c8-2-1(7(13)14)3(9)5(11)6(12)4(2)10;/h(H,13,14);1H. The summed E-state index contributed by atoms with van der Waals surface area (Å²) in [4.78, 5) is 10.1. The van der Waals surface area contributed by atoms with E-state index in [0.29, 0.717) is 0 Å². The zero-order valence-corrected chi connectivity index (χ0v) is 7.47. The number of carbonyl (C=O) groups is 1. The average molecular weight is 249 g/mol. The van der Waals surface area contributed by atoms with Crippen LogP contribution in [0.5, 0.6) is 0 Å². The van der Waals surface area contributed by atoms with Crippen LogP contribution in [0.15, 0.2) is 0 Å². The Bertz CT molecular complexity index is 391. The second kappa shape index (κ2) is 4.43. The van der Waals surface area contributed by atoms with Crippen LogP contribution in [0.1, 0.15) is 10.4 Å². The third kappa shape index (κ3) is 2.01. The van der Waals surface area contributed by atoms with Gasteiger partial charge in [-0.1, -0.05) is 0 Å². The van der Waals surface area contributed by atoms with E-state index < -0.39 is 40.6 Å². The number of carboxylic acids is 1. The summed E-state index contributed by atoms with van der Waals surface area (Å²) in [7, 11) is 0. The summed E-state index contributed by atoms with van der Waals surface area (Å²) in [6.45, 7) is 0. The van der Waals surface area contributed by atoms with Gasteiger partial charge in [0.15, 0.2) is 23.3 Å². The van der Waals surface area contributed by atoms with E-state index in [9.17, 15) is 26.7 Å². The van der Waals surface area contributed by atoms with Gasteiger partial charge < -0.3 is 5.11 Å². The van der Waals surface area contributed by atoms with E-state index in [-0.39, 0.29) is 12.4 Å². The van der Waals surface area contributed by atoms with E-state index >= 15 is 0 Å². The molecule has 0 atom stereocenters. The third-order valence-corrected chi connectivity index (χ3v) is 1.42. The molecule has 1 rings (SSSR count). The maximum Gasteiger partial charge on any atom is 0.341 e. The van der Waals surface area contributed by atoms with Crippen molar-refractivity contribution < 1.29 is 31.9 Å². The van der Waals surface area contributed by atoms with E-state index in [2.05, 4.69) is 0 Å². The predicted octanol–water partition coefficient (Wildman–Crippen LogP) is 2.50. The van der Waals surface area contributed by atoms with E-state index in [1.165, 1.54) is 0 Å². The first kappa shape index (κ1) is 13.6. The molecule has 0 radical (unpaired) electrons. The van der Waals surface area contributed by atoms with Gasteiger partial charge in [0.1, 0.15) is 5.56 Å². The molecule has 0 fully saturated rings. The maximum atomic E-state index is 12.6. The Hall–Kier alpha value is -1.37. The Labute approximate surface area is 85.7 Å². The molecule has 0 aliphatic heterocycles. The number of hydrogen-bond acceptors (Lipinski definition) is 1. The zero-order chi connectivity index (χ0) is 11.0. The molecule has 0 aromatic heterocycles. The molecule has 1 N–H and O–H groups in total. The highest BCUT2D eigenvalue weighted by Crippen LogP contribution is 2.22. The normalized spacial score (nSPS) is 9.67.